The Bertz CT molecular complexity index is 598. The van der Waals surface area contributed by atoms with Crippen molar-refractivity contribution in [3.63, 3.8) is 0 Å². The first-order valence-corrected chi connectivity index (χ1v) is 7.50. The summed E-state index contributed by atoms with van der Waals surface area (Å²) < 4.78 is 19.7. The van der Waals surface area contributed by atoms with Gasteiger partial charge in [0.1, 0.15) is 11.5 Å². The Balaban J connectivity index is 2.00. The molecule has 1 heterocycles. The summed E-state index contributed by atoms with van der Waals surface area (Å²) in [5, 5.41) is 9.40. The summed E-state index contributed by atoms with van der Waals surface area (Å²) in [4.78, 5) is 25.5. The summed E-state index contributed by atoms with van der Waals surface area (Å²) in [6, 6.07) is 4.58. The van der Waals surface area contributed by atoms with E-state index in [4.69, 9.17) is 4.74 Å². The predicted octanol–water partition coefficient (Wildman–Crippen LogP) is 2.41. The molecule has 1 spiro atoms. The van der Waals surface area contributed by atoms with Crippen LogP contribution < -0.4 is 0 Å². The highest BCUT2D eigenvalue weighted by Crippen LogP contribution is 2.41. The van der Waals surface area contributed by atoms with Crippen LogP contribution in [0.25, 0.3) is 0 Å². The number of carbonyl (C=O) groups is 2. The van der Waals surface area contributed by atoms with E-state index in [0.29, 0.717) is 12.8 Å². The third-order valence-electron chi connectivity index (χ3n) is 4.50. The number of aliphatic carboxylic acids is 1. The van der Waals surface area contributed by atoms with Gasteiger partial charge in [0, 0.05) is 0 Å². The molecule has 1 amide bonds. The molecular weight excluding hydrogens is 289 g/mol. The molecule has 5 nitrogen and oxygen atoms in total. The van der Waals surface area contributed by atoms with E-state index in [9.17, 15) is 19.1 Å². The Morgan fingerprint density at radius 2 is 1.91 bits per heavy atom. The van der Waals surface area contributed by atoms with Gasteiger partial charge >= 0.3 is 5.97 Å². The molecule has 1 saturated carbocycles. The number of halogens is 1. The molecule has 1 saturated heterocycles. The summed E-state index contributed by atoms with van der Waals surface area (Å²) in [6.07, 6.45) is 3.96. The summed E-state index contributed by atoms with van der Waals surface area (Å²) in [5.41, 5.74) is -1.01. The quantitative estimate of drug-likeness (QED) is 0.911. The van der Waals surface area contributed by atoms with Crippen molar-refractivity contribution in [3.05, 3.63) is 35.6 Å². The third-order valence-corrected chi connectivity index (χ3v) is 4.50. The highest BCUT2D eigenvalue weighted by Gasteiger charge is 2.53. The zero-order valence-electron chi connectivity index (χ0n) is 12.1. The number of hydrogen-bond donors (Lipinski definition) is 1. The smallest absolute Gasteiger partial charge is 0.328 e. The van der Waals surface area contributed by atoms with Crippen molar-refractivity contribution in [1.29, 1.82) is 0 Å². The van der Waals surface area contributed by atoms with E-state index in [1.54, 1.807) is 6.07 Å². The van der Waals surface area contributed by atoms with Gasteiger partial charge in [0.2, 0.25) is 0 Å². The lowest BCUT2D eigenvalue weighted by Crippen LogP contribution is -2.54. The first kappa shape index (κ1) is 15.0. The molecule has 2 fully saturated rings. The molecule has 0 bridgehead atoms. The predicted molar refractivity (Wildman–Crippen MR) is 75.8 cm³/mol. The lowest BCUT2D eigenvalue weighted by Gasteiger charge is -2.41. The second-order valence-corrected chi connectivity index (χ2v) is 5.83. The third kappa shape index (κ3) is 2.37. The molecule has 3 rings (SSSR count). The number of carboxylic acid groups (broad SMARTS) is 1. The zero-order valence-corrected chi connectivity index (χ0v) is 12.1. The Kier molecular flexibility index (Phi) is 3.87. The monoisotopic (exact) mass is 307 g/mol. The number of hydrogen-bond acceptors (Lipinski definition) is 3. The first-order valence-electron chi connectivity index (χ1n) is 7.50. The largest absolute Gasteiger partial charge is 0.480 e. The van der Waals surface area contributed by atoms with Crippen LogP contribution in [0, 0.1) is 5.82 Å². The van der Waals surface area contributed by atoms with Crippen molar-refractivity contribution >= 4 is 11.9 Å². The topological polar surface area (TPSA) is 66.8 Å². The van der Waals surface area contributed by atoms with Gasteiger partial charge in [0.25, 0.3) is 5.91 Å². The molecule has 0 aromatic heterocycles. The number of amides is 1. The van der Waals surface area contributed by atoms with E-state index >= 15 is 0 Å². The van der Waals surface area contributed by atoms with Gasteiger partial charge in [-0.1, -0.05) is 18.6 Å². The molecule has 1 aromatic carbocycles. The van der Waals surface area contributed by atoms with Gasteiger partial charge in [0.15, 0.2) is 6.04 Å². The second-order valence-electron chi connectivity index (χ2n) is 5.83. The van der Waals surface area contributed by atoms with Gasteiger partial charge in [0.05, 0.1) is 12.2 Å². The average Bonchev–Trinajstić information content (AvgIpc) is 2.87. The van der Waals surface area contributed by atoms with E-state index in [1.807, 2.05) is 0 Å². The van der Waals surface area contributed by atoms with Crippen molar-refractivity contribution < 1.29 is 23.8 Å². The van der Waals surface area contributed by atoms with E-state index in [0.717, 1.165) is 19.3 Å². The Morgan fingerprint density at radius 3 is 2.55 bits per heavy atom. The van der Waals surface area contributed by atoms with Crippen LogP contribution in [-0.2, 0) is 9.53 Å². The molecular formula is C16H18FNO4. The van der Waals surface area contributed by atoms with Crippen molar-refractivity contribution in [1.82, 2.24) is 4.90 Å². The molecule has 1 atom stereocenters. The van der Waals surface area contributed by atoms with Crippen molar-refractivity contribution in [2.45, 2.75) is 43.9 Å². The minimum Gasteiger partial charge on any atom is -0.480 e. The first-order chi connectivity index (χ1) is 10.6. The fraction of sp³-hybridized carbons (Fsp3) is 0.500. The molecule has 1 N–H and O–H groups in total. The van der Waals surface area contributed by atoms with Crippen LogP contribution in [0.1, 0.15) is 42.5 Å². The van der Waals surface area contributed by atoms with Crippen LogP contribution in [-0.4, -0.2) is 40.3 Å². The van der Waals surface area contributed by atoms with E-state index < -0.39 is 29.5 Å². The minimum absolute atomic E-state index is 0.0461. The van der Waals surface area contributed by atoms with Crippen LogP contribution in [0.4, 0.5) is 4.39 Å². The molecule has 2 aliphatic rings. The maximum absolute atomic E-state index is 13.9. The molecule has 1 aliphatic carbocycles. The van der Waals surface area contributed by atoms with Crippen LogP contribution >= 0.6 is 0 Å². The van der Waals surface area contributed by atoms with Crippen molar-refractivity contribution in [3.8, 4) is 0 Å². The van der Waals surface area contributed by atoms with Crippen molar-refractivity contribution in [2.24, 2.45) is 0 Å². The maximum atomic E-state index is 13.9. The summed E-state index contributed by atoms with van der Waals surface area (Å²) >= 11 is 0. The fourth-order valence-corrected chi connectivity index (χ4v) is 3.42. The molecule has 6 heteroatoms. The lowest BCUT2D eigenvalue weighted by atomic mass is 9.89. The second kappa shape index (κ2) is 5.68. The maximum Gasteiger partial charge on any atom is 0.328 e. The van der Waals surface area contributed by atoms with Crippen LogP contribution in [0.2, 0.25) is 0 Å². The van der Waals surface area contributed by atoms with Gasteiger partial charge < -0.3 is 9.84 Å². The standard InChI is InChI=1S/C16H18FNO4/c17-12-7-3-2-6-11(12)14(19)18-13(15(20)21)10-22-16(18)8-4-1-5-9-16/h2-3,6-7,13H,1,4-5,8-10H2,(H,20,21)/t13-/m1/s1. The van der Waals surface area contributed by atoms with Crippen molar-refractivity contribution in [2.75, 3.05) is 6.61 Å². The van der Waals surface area contributed by atoms with E-state index in [-0.39, 0.29) is 12.2 Å². The van der Waals surface area contributed by atoms with Gasteiger partial charge in [-0.15, -0.1) is 0 Å². The number of benzene rings is 1. The highest BCUT2D eigenvalue weighted by atomic mass is 19.1. The van der Waals surface area contributed by atoms with Crippen LogP contribution in [0.15, 0.2) is 24.3 Å². The highest BCUT2D eigenvalue weighted by molar-refractivity contribution is 5.97. The molecule has 0 unspecified atom stereocenters. The fourth-order valence-electron chi connectivity index (χ4n) is 3.42. The molecule has 0 radical (unpaired) electrons. The Hall–Kier alpha value is -1.95. The van der Waals surface area contributed by atoms with Crippen LogP contribution in [0.5, 0.6) is 0 Å². The molecule has 22 heavy (non-hydrogen) atoms. The van der Waals surface area contributed by atoms with E-state index in [1.165, 1.54) is 23.1 Å². The van der Waals surface area contributed by atoms with Gasteiger partial charge in [-0.3, -0.25) is 9.69 Å². The molecule has 1 aliphatic heterocycles. The van der Waals surface area contributed by atoms with Gasteiger partial charge in [-0.05, 0) is 37.8 Å². The Labute approximate surface area is 127 Å². The SMILES string of the molecule is O=C(O)[C@H]1COC2(CCCCC2)N1C(=O)c1ccccc1F. The normalized spacial score (nSPS) is 23.7. The Morgan fingerprint density at radius 1 is 1.23 bits per heavy atom. The number of ether oxygens (including phenoxy) is 1. The van der Waals surface area contributed by atoms with E-state index in [2.05, 4.69) is 0 Å². The number of carboxylic acids is 1. The lowest BCUT2D eigenvalue weighted by molar-refractivity contribution is -0.143. The van der Waals surface area contributed by atoms with Gasteiger partial charge in [-0.2, -0.15) is 0 Å². The number of carbonyl (C=O) groups excluding carboxylic acids is 1. The minimum atomic E-state index is -1.12. The number of rotatable bonds is 2. The summed E-state index contributed by atoms with van der Waals surface area (Å²) in [7, 11) is 0. The zero-order chi connectivity index (χ0) is 15.7. The molecule has 1 aromatic rings. The summed E-state index contributed by atoms with van der Waals surface area (Å²) in [6.45, 7) is -0.0461. The molecule has 118 valence electrons. The van der Waals surface area contributed by atoms with Crippen LogP contribution in [0.3, 0.4) is 0 Å². The summed E-state index contributed by atoms with van der Waals surface area (Å²) in [5.74, 6) is -2.37. The van der Waals surface area contributed by atoms with Gasteiger partial charge in [-0.25, -0.2) is 9.18 Å². The average molecular weight is 307 g/mol. The number of nitrogens with zero attached hydrogens (tertiary/aromatic N) is 1.